The van der Waals surface area contributed by atoms with Gasteiger partial charge in [-0.15, -0.1) is 0 Å². The molecule has 0 spiro atoms. The summed E-state index contributed by atoms with van der Waals surface area (Å²) in [6.07, 6.45) is 17.0. The molecule has 0 saturated carbocycles. The average molecular weight is 1270 g/mol. The minimum atomic E-state index is -4.51. The van der Waals surface area contributed by atoms with Gasteiger partial charge in [-0.2, -0.15) is 13.2 Å². The first kappa shape index (κ1) is 73.3. The Kier molecular flexibility index (Phi) is 30.4. The van der Waals surface area contributed by atoms with Crippen LogP contribution in [-0.2, 0) is 23.8 Å². The van der Waals surface area contributed by atoms with E-state index in [9.17, 15) is 18.0 Å². The Labute approximate surface area is 539 Å². The molecular formula is C70H113Cl2F3N12O. The summed E-state index contributed by atoms with van der Waals surface area (Å²) in [5, 5.41) is 19.9. The summed E-state index contributed by atoms with van der Waals surface area (Å²) < 4.78 is 41.7. The summed E-state index contributed by atoms with van der Waals surface area (Å²) in [4.78, 5) is 38.8. The van der Waals surface area contributed by atoms with Gasteiger partial charge in [-0.05, 0) is 164 Å². The van der Waals surface area contributed by atoms with E-state index in [1.807, 2.05) is 43.9 Å². The Hall–Kier alpha value is -3.71. The van der Waals surface area contributed by atoms with Crippen LogP contribution in [0.2, 0.25) is 10.0 Å². The molecule has 13 nitrogen and oxygen atoms in total. The van der Waals surface area contributed by atoms with Gasteiger partial charge in [0.2, 0.25) is 5.91 Å². The number of hydrogen-bond donors (Lipinski definition) is 5. The number of likely N-dealkylation sites (N-methyl/N-ethyl adjacent to an activating group) is 1. The highest BCUT2D eigenvalue weighted by atomic mass is 35.5. The molecule has 4 aliphatic rings. The largest absolute Gasteiger partial charge is 0.417 e. The van der Waals surface area contributed by atoms with Crippen molar-refractivity contribution in [3.63, 3.8) is 0 Å². The topological polar surface area (TPSA) is 127 Å². The van der Waals surface area contributed by atoms with Gasteiger partial charge < -0.3 is 36.4 Å². The van der Waals surface area contributed by atoms with E-state index in [1.165, 1.54) is 17.3 Å². The number of unbranched alkanes of at least 4 members (excludes halogenated alkanes) is 1. The van der Waals surface area contributed by atoms with Crippen molar-refractivity contribution in [3.05, 3.63) is 93.0 Å². The third kappa shape index (κ3) is 22.8. The first-order valence-corrected chi connectivity index (χ1v) is 34.5. The maximum absolute atomic E-state index is 14.6. The molecule has 0 radical (unpaired) electrons. The number of aliphatic imine (C=N–C) groups is 3. The molecule has 88 heavy (non-hydrogen) atoms. The van der Waals surface area contributed by atoms with Gasteiger partial charge >= 0.3 is 6.18 Å². The van der Waals surface area contributed by atoms with Gasteiger partial charge in [0.05, 0.1) is 22.0 Å². The molecule has 2 aromatic rings. The Bertz CT molecular complexity index is 2570. The quantitative estimate of drug-likeness (QED) is 0.133. The fourth-order valence-electron chi connectivity index (χ4n) is 13.5. The van der Waals surface area contributed by atoms with E-state index in [-0.39, 0.29) is 70.5 Å². The molecule has 1 amide bonds. The Morgan fingerprint density at radius 1 is 0.864 bits per heavy atom. The molecule has 4 heterocycles. The van der Waals surface area contributed by atoms with Gasteiger partial charge in [-0.1, -0.05) is 103 Å². The number of amides is 1. The van der Waals surface area contributed by atoms with E-state index in [2.05, 4.69) is 140 Å². The van der Waals surface area contributed by atoms with E-state index in [4.69, 9.17) is 33.2 Å². The number of benzene rings is 2. The molecule has 18 heteroatoms. The molecule has 0 bridgehead atoms. The molecule has 3 saturated heterocycles. The molecule has 4 aliphatic heterocycles. The normalized spacial score (nSPS) is 27.7. The van der Waals surface area contributed by atoms with Crippen LogP contribution in [0, 0.1) is 23.2 Å². The second-order valence-corrected chi connectivity index (χ2v) is 28.2. The van der Waals surface area contributed by atoms with Crippen molar-refractivity contribution in [3.8, 4) is 0 Å². The number of aryl methyl sites for hydroxylation is 1. The van der Waals surface area contributed by atoms with Crippen LogP contribution in [0.5, 0.6) is 0 Å². The number of likely N-dealkylation sites (tertiary alicyclic amines) is 1. The zero-order chi connectivity index (χ0) is 64.0. The van der Waals surface area contributed by atoms with Crippen LogP contribution < -0.4 is 26.6 Å². The van der Waals surface area contributed by atoms with Crippen molar-refractivity contribution in [2.45, 2.75) is 221 Å². The number of nitrogens with zero attached hydrogens (tertiary/aromatic N) is 7. The number of nitrogens with one attached hydrogen (secondary N) is 5. The molecule has 0 aliphatic carbocycles. The second-order valence-electron chi connectivity index (χ2n) is 27.3. The lowest BCUT2D eigenvalue weighted by molar-refractivity contribution is -0.138. The molecule has 0 aromatic heterocycles. The minimum Gasteiger partial charge on any atom is -0.369 e. The fraction of sp³-hybridized carbons (Fsp3) is 0.714. The number of piperidine rings is 2. The van der Waals surface area contributed by atoms with Crippen LogP contribution >= 0.6 is 23.2 Å². The van der Waals surface area contributed by atoms with Crippen molar-refractivity contribution in [2.75, 3.05) is 79.0 Å². The number of halogens is 5. The number of allylic oxidation sites excluding steroid dienone is 1. The van der Waals surface area contributed by atoms with Crippen molar-refractivity contribution in [2.24, 2.45) is 38.1 Å². The van der Waals surface area contributed by atoms with E-state index in [0.717, 1.165) is 164 Å². The molecule has 6 rings (SSSR count). The Morgan fingerprint density at radius 2 is 1.59 bits per heavy atom. The van der Waals surface area contributed by atoms with Crippen LogP contribution in [0.15, 0.2) is 81.2 Å². The summed E-state index contributed by atoms with van der Waals surface area (Å²) in [5.41, 5.74) is 4.02. The zero-order valence-corrected chi connectivity index (χ0v) is 57.3. The second kappa shape index (κ2) is 36.5. The molecular weight excluding hydrogens is 1150 g/mol. The summed E-state index contributed by atoms with van der Waals surface area (Å²) in [6.45, 7) is 33.3. The van der Waals surface area contributed by atoms with Gasteiger partial charge in [0, 0.05) is 156 Å². The molecule has 3 fully saturated rings. The number of alkyl halides is 3. The summed E-state index contributed by atoms with van der Waals surface area (Å²) in [6, 6.07) is 13.5. The van der Waals surface area contributed by atoms with E-state index >= 15 is 0 Å². The standard InChI is InChI=1S/C70H113Cl2F3N12O/c1-13-15-19-60-28-25-57(24-20-55-23-29-62(63(72)39-55)70(73,74)75)66-45-80-42-51(6)82-64(40-56-21-26-58(71)27-22-56)53(8)86-37-30-61(86)43-79-41-52(7)83-65(50(5)14-2)44-77-33-31-76-32-34-78-46-67(68(88)85-35-17-16-18-36-85)84(12)47-59(38-49(3)4)81-48-69(10,11)54(9)87(60)66/h21-23,26-27,29,33,39,41,43-44,49-51,53-54,57,59-60,64,66-67,76,78,80-82H,13-20,24-25,28,30-32,34-38,40,42,45-48H2,1-12H3/t50-,51?,53?,54?,57-,59-,60-,64-,66?,67-/m0/s1. The lowest BCUT2D eigenvalue weighted by Gasteiger charge is -2.54. The van der Waals surface area contributed by atoms with Crippen LogP contribution in [-0.4, -0.2) is 171 Å². The monoisotopic (exact) mass is 1260 g/mol. The smallest absolute Gasteiger partial charge is 0.369 e. The van der Waals surface area contributed by atoms with Crippen molar-refractivity contribution in [1.29, 1.82) is 0 Å². The van der Waals surface area contributed by atoms with Crippen LogP contribution in [0.1, 0.15) is 170 Å². The van der Waals surface area contributed by atoms with Gasteiger partial charge in [0.25, 0.3) is 0 Å². The number of fused-ring (bicyclic) bond motifs is 2. The third-order valence-electron chi connectivity index (χ3n) is 19.4. The van der Waals surface area contributed by atoms with Crippen molar-refractivity contribution >= 4 is 47.2 Å². The number of hydrogen-bond acceptors (Lipinski definition) is 12. The Morgan fingerprint density at radius 3 is 2.26 bits per heavy atom. The van der Waals surface area contributed by atoms with Gasteiger partial charge in [0.15, 0.2) is 0 Å². The van der Waals surface area contributed by atoms with Crippen molar-refractivity contribution in [1.82, 2.24) is 46.2 Å². The first-order chi connectivity index (χ1) is 42.0. The lowest BCUT2D eigenvalue weighted by atomic mass is 9.75. The summed E-state index contributed by atoms with van der Waals surface area (Å²) >= 11 is 12.8. The highest BCUT2D eigenvalue weighted by Gasteiger charge is 2.44. The molecule has 494 valence electrons. The summed E-state index contributed by atoms with van der Waals surface area (Å²) in [5.74, 6) is 1.17. The lowest BCUT2D eigenvalue weighted by Crippen LogP contribution is -2.63. The van der Waals surface area contributed by atoms with Gasteiger partial charge in [0.1, 0.15) is 6.04 Å². The highest BCUT2D eigenvalue weighted by molar-refractivity contribution is 6.31. The van der Waals surface area contributed by atoms with E-state index in [0.29, 0.717) is 38.0 Å². The number of carbonyl (C=O) groups is 1. The van der Waals surface area contributed by atoms with Gasteiger partial charge in [-0.25, -0.2) is 0 Å². The minimum absolute atomic E-state index is 0.106. The molecule has 10 atom stereocenters. The SMILES string of the molecule is CCCC[C@H]1CC[C@H](CCc2ccc(C(F)(F)F)c(Cl)c2)C2CNCC(C)N[C@@H](Cc3ccc(Cl)cc3)C(C)N3CCC3=CN=CC(C)=NC([C@@H](C)CC)=CN=CCNCCNC[C@@H](C(=O)N3CCCCC3)N(C)C[C@H](CC(C)C)NCC(C)(C)C(C)N21. The predicted molar refractivity (Wildman–Crippen MR) is 364 cm³/mol. The van der Waals surface area contributed by atoms with Crippen LogP contribution in [0.3, 0.4) is 0 Å². The first-order valence-electron chi connectivity index (χ1n) is 33.7. The maximum atomic E-state index is 14.6. The van der Waals surface area contributed by atoms with E-state index in [1.54, 1.807) is 6.07 Å². The highest BCUT2D eigenvalue weighted by Crippen LogP contribution is 2.41. The van der Waals surface area contributed by atoms with Crippen LogP contribution in [0.4, 0.5) is 13.2 Å². The van der Waals surface area contributed by atoms with Crippen molar-refractivity contribution < 1.29 is 18.0 Å². The molecule has 4 unspecified atom stereocenters. The van der Waals surface area contributed by atoms with Gasteiger partial charge in [-0.3, -0.25) is 29.6 Å². The average Bonchev–Trinajstić information content (AvgIpc) is 1.88. The van der Waals surface area contributed by atoms with E-state index < -0.39 is 11.7 Å². The number of carbonyl (C=O) groups excluding carboxylic acids is 1. The zero-order valence-electron chi connectivity index (χ0n) is 55.8. The predicted octanol–water partition coefficient (Wildman–Crippen LogP) is 13.1. The third-order valence-corrected chi connectivity index (χ3v) is 20.0. The molecule has 5 N–H and O–H groups in total. The molecule has 2 aromatic carbocycles. The van der Waals surface area contributed by atoms with Crippen LogP contribution in [0.25, 0.3) is 0 Å². The summed E-state index contributed by atoms with van der Waals surface area (Å²) in [7, 11) is 2.14. The fourth-order valence-corrected chi connectivity index (χ4v) is 13.9. The Balaban J connectivity index is 1.34. The number of rotatable bonds is 13. The maximum Gasteiger partial charge on any atom is 0.417 e.